The number of rotatable bonds is 4. The van der Waals surface area contributed by atoms with Gasteiger partial charge in [0.15, 0.2) is 0 Å². The maximum Gasteiger partial charge on any atom is 0.229 e. The summed E-state index contributed by atoms with van der Waals surface area (Å²) in [5.41, 5.74) is 3.40. The average Bonchev–Trinajstić information content (AvgIpc) is 3.18. The van der Waals surface area contributed by atoms with Crippen molar-refractivity contribution in [3.8, 4) is 0 Å². The van der Waals surface area contributed by atoms with E-state index >= 15 is 0 Å². The van der Waals surface area contributed by atoms with Crippen LogP contribution in [0.2, 0.25) is 0 Å². The molecule has 1 aromatic carbocycles. The van der Waals surface area contributed by atoms with Crippen LogP contribution in [0.5, 0.6) is 0 Å². The van der Waals surface area contributed by atoms with Gasteiger partial charge in [-0.05, 0) is 30.2 Å². The van der Waals surface area contributed by atoms with Crippen molar-refractivity contribution in [2.45, 2.75) is 19.8 Å². The Morgan fingerprint density at radius 3 is 2.69 bits per heavy atom. The minimum absolute atomic E-state index is 0. The fraction of sp³-hybridized carbons (Fsp3) is 0.389. The van der Waals surface area contributed by atoms with Gasteiger partial charge in [-0.15, -0.1) is 12.4 Å². The molecule has 7 nitrogen and oxygen atoms in total. The molecule has 2 atom stereocenters. The number of hydrogen-bond donors (Lipinski definition) is 3. The molecule has 8 heteroatoms. The van der Waals surface area contributed by atoms with E-state index in [2.05, 4.69) is 21.0 Å². The minimum atomic E-state index is -0.158. The van der Waals surface area contributed by atoms with Crippen LogP contribution in [0.1, 0.15) is 24.0 Å². The normalized spacial score (nSPS) is 18.9. The van der Waals surface area contributed by atoms with E-state index in [1.807, 2.05) is 38.5 Å². The number of halogens is 1. The highest BCUT2D eigenvalue weighted by atomic mass is 35.5. The molecule has 2 aromatic rings. The quantitative estimate of drug-likeness (QED) is 0.760. The first-order chi connectivity index (χ1) is 11.9. The van der Waals surface area contributed by atoms with Crippen molar-refractivity contribution in [1.29, 1.82) is 0 Å². The predicted octanol–water partition coefficient (Wildman–Crippen LogP) is 2.05. The third-order valence-corrected chi connectivity index (χ3v) is 4.52. The van der Waals surface area contributed by atoms with Crippen LogP contribution in [-0.4, -0.2) is 34.7 Å². The lowest BCUT2D eigenvalue weighted by molar-refractivity contribution is -0.119. The number of hydrogen-bond acceptors (Lipinski definition) is 4. The highest BCUT2D eigenvalue weighted by Gasteiger charge is 2.34. The van der Waals surface area contributed by atoms with Crippen LogP contribution in [0.3, 0.4) is 0 Å². The topological polar surface area (TPSA) is 88.1 Å². The maximum absolute atomic E-state index is 12.8. The summed E-state index contributed by atoms with van der Waals surface area (Å²) in [4.78, 5) is 24.1. The van der Waals surface area contributed by atoms with Gasteiger partial charge < -0.3 is 16.0 Å². The van der Waals surface area contributed by atoms with Gasteiger partial charge in [0.25, 0.3) is 0 Å². The van der Waals surface area contributed by atoms with E-state index in [9.17, 15) is 9.59 Å². The van der Waals surface area contributed by atoms with Gasteiger partial charge in [-0.1, -0.05) is 6.07 Å². The molecular formula is C18H24ClN5O2. The van der Waals surface area contributed by atoms with Crippen LogP contribution >= 0.6 is 12.4 Å². The SMILES string of the molecule is CC(=O)Nc1cc(NC(=O)[C@H]2CNC[C@@H]2c2cnn(C)c2)ccc1C.Cl. The second-order valence-electron chi connectivity index (χ2n) is 6.52. The number of aromatic nitrogens is 2. The van der Waals surface area contributed by atoms with Crippen LogP contribution < -0.4 is 16.0 Å². The van der Waals surface area contributed by atoms with E-state index in [0.29, 0.717) is 17.9 Å². The zero-order chi connectivity index (χ0) is 18.0. The smallest absolute Gasteiger partial charge is 0.229 e. The molecule has 1 aromatic heterocycles. The molecule has 2 heterocycles. The van der Waals surface area contributed by atoms with Crippen LogP contribution in [0, 0.1) is 12.8 Å². The molecule has 2 amide bonds. The first kappa shape index (κ1) is 19.9. The molecule has 0 bridgehead atoms. The highest BCUT2D eigenvalue weighted by Crippen LogP contribution is 2.29. The van der Waals surface area contributed by atoms with E-state index in [4.69, 9.17) is 0 Å². The standard InChI is InChI=1S/C18H23N5O2.ClH/c1-11-4-5-14(6-17(11)21-12(2)24)22-18(25)16-9-19-8-15(16)13-7-20-23(3)10-13;/h4-7,10,15-16,19H,8-9H2,1-3H3,(H,21,24)(H,22,25);1H/t15-,16+;/m1./s1. The summed E-state index contributed by atoms with van der Waals surface area (Å²) in [6.45, 7) is 4.77. The molecule has 1 saturated heterocycles. The number of benzene rings is 1. The summed E-state index contributed by atoms with van der Waals surface area (Å²) < 4.78 is 1.75. The van der Waals surface area contributed by atoms with Crippen molar-refractivity contribution in [3.05, 3.63) is 41.7 Å². The zero-order valence-electron chi connectivity index (χ0n) is 15.1. The van der Waals surface area contributed by atoms with Crippen molar-refractivity contribution in [2.24, 2.45) is 13.0 Å². The Bertz CT molecular complexity index is 805. The molecule has 3 rings (SSSR count). The fourth-order valence-corrected chi connectivity index (χ4v) is 3.20. The van der Waals surface area contributed by atoms with Gasteiger partial charge >= 0.3 is 0 Å². The minimum Gasteiger partial charge on any atom is -0.326 e. The summed E-state index contributed by atoms with van der Waals surface area (Å²) >= 11 is 0. The number of nitrogens with zero attached hydrogens (tertiary/aromatic N) is 2. The molecule has 3 N–H and O–H groups in total. The second kappa shape index (κ2) is 8.33. The number of amides is 2. The Morgan fingerprint density at radius 2 is 2.04 bits per heavy atom. The Labute approximate surface area is 159 Å². The van der Waals surface area contributed by atoms with Crippen molar-refractivity contribution in [3.63, 3.8) is 0 Å². The number of nitrogens with one attached hydrogen (secondary N) is 3. The summed E-state index contributed by atoms with van der Waals surface area (Å²) in [5.74, 6) is -0.219. The fourth-order valence-electron chi connectivity index (χ4n) is 3.20. The number of carbonyl (C=O) groups excluding carboxylic acids is 2. The summed E-state index contributed by atoms with van der Waals surface area (Å²) in [6.07, 6.45) is 3.78. The molecule has 1 fully saturated rings. The lowest BCUT2D eigenvalue weighted by atomic mass is 9.90. The van der Waals surface area contributed by atoms with Gasteiger partial charge in [0.1, 0.15) is 0 Å². The van der Waals surface area contributed by atoms with Crippen molar-refractivity contribution in [2.75, 3.05) is 23.7 Å². The van der Waals surface area contributed by atoms with Crippen molar-refractivity contribution >= 4 is 35.6 Å². The van der Waals surface area contributed by atoms with Gasteiger partial charge in [-0.25, -0.2) is 0 Å². The van der Waals surface area contributed by atoms with Gasteiger partial charge in [0.2, 0.25) is 11.8 Å². The molecule has 0 unspecified atom stereocenters. The summed E-state index contributed by atoms with van der Waals surface area (Å²) in [7, 11) is 1.87. The molecule has 0 aliphatic carbocycles. The molecule has 0 radical (unpaired) electrons. The first-order valence-corrected chi connectivity index (χ1v) is 8.32. The van der Waals surface area contributed by atoms with Crippen LogP contribution in [0.25, 0.3) is 0 Å². The Kier molecular flexibility index (Phi) is 6.39. The molecular weight excluding hydrogens is 354 g/mol. The average molecular weight is 378 g/mol. The van der Waals surface area contributed by atoms with Gasteiger partial charge in [0.05, 0.1) is 12.1 Å². The molecule has 1 aliphatic heterocycles. The van der Waals surface area contributed by atoms with E-state index in [0.717, 1.165) is 17.7 Å². The molecule has 1 aliphatic rings. The van der Waals surface area contributed by atoms with Gasteiger partial charge in [0, 0.05) is 50.6 Å². The molecule has 140 valence electrons. The van der Waals surface area contributed by atoms with Crippen molar-refractivity contribution in [1.82, 2.24) is 15.1 Å². The third kappa shape index (κ3) is 4.42. The van der Waals surface area contributed by atoms with Crippen LogP contribution in [-0.2, 0) is 16.6 Å². The maximum atomic E-state index is 12.8. The number of carbonyl (C=O) groups is 2. The zero-order valence-corrected chi connectivity index (χ0v) is 15.9. The number of anilines is 2. The van der Waals surface area contributed by atoms with E-state index < -0.39 is 0 Å². The second-order valence-corrected chi connectivity index (χ2v) is 6.52. The molecule has 0 spiro atoms. The first-order valence-electron chi connectivity index (χ1n) is 8.32. The Balaban J connectivity index is 0.00000243. The van der Waals surface area contributed by atoms with Crippen LogP contribution in [0.4, 0.5) is 11.4 Å². The lowest BCUT2D eigenvalue weighted by Crippen LogP contribution is -2.28. The number of aryl methyl sites for hydroxylation is 2. The van der Waals surface area contributed by atoms with Gasteiger partial charge in [-0.3, -0.25) is 14.3 Å². The highest BCUT2D eigenvalue weighted by molar-refractivity contribution is 5.95. The monoisotopic (exact) mass is 377 g/mol. The largest absolute Gasteiger partial charge is 0.326 e. The summed E-state index contributed by atoms with van der Waals surface area (Å²) in [6, 6.07) is 5.52. The molecule has 26 heavy (non-hydrogen) atoms. The Hall–Kier alpha value is -2.38. The predicted molar refractivity (Wildman–Crippen MR) is 104 cm³/mol. The Morgan fingerprint density at radius 1 is 1.27 bits per heavy atom. The van der Waals surface area contributed by atoms with Crippen molar-refractivity contribution < 1.29 is 9.59 Å². The summed E-state index contributed by atoms with van der Waals surface area (Å²) in [5, 5.41) is 13.2. The lowest BCUT2D eigenvalue weighted by Gasteiger charge is -2.18. The third-order valence-electron chi connectivity index (χ3n) is 4.52. The van der Waals surface area contributed by atoms with Crippen LogP contribution in [0.15, 0.2) is 30.6 Å². The van der Waals surface area contributed by atoms with Gasteiger partial charge in [-0.2, -0.15) is 5.10 Å². The van der Waals surface area contributed by atoms with E-state index in [1.165, 1.54) is 6.92 Å². The van der Waals surface area contributed by atoms with E-state index in [-0.39, 0.29) is 36.1 Å². The molecule has 0 saturated carbocycles. The van der Waals surface area contributed by atoms with E-state index in [1.54, 1.807) is 10.7 Å².